The van der Waals surface area contributed by atoms with Crippen LogP contribution in [-0.2, 0) is 4.79 Å². The fourth-order valence-electron chi connectivity index (χ4n) is 1.44. The van der Waals surface area contributed by atoms with E-state index in [9.17, 15) is 14.7 Å². The fraction of sp³-hybridized carbons (Fsp3) is 0.167. The zero-order valence-corrected chi connectivity index (χ0v) is 9.95. The molecule has 1 aromatic carbocycles. The molecular formula is C12H11NO3S. The molecule has 0 spiro atoms. The molecule has 0 aromatic heterocycles. The molecule has 88 valence electrons. The largest absolute Gasteiger partial charge is 0.389 e. The van der Waals surface area contributed by atoms with Crippen molar-refractivity contribution in [1.29, 1.82) is 0 Å². The highest BCUT2D eigenvalue weighted by atomic mass is 32.2. The van der Waals surface area contributed by atoms with Crippen LogP contribution in [0.5, 0.6) is 0 Å². The van der Waals surface area contributed by atoms with Gasteiger partial charge in [0, 0.05) is 0 Å². The average Bonchev–Trinajstić information content (AvgIpc) is 2.58. The van der Waals surface area contributed by atoms with Crippen molar-refractivity contribution >= 4 is 29.0 Å². The molecule has 2 N–H and O–H groups in total. The predicted octanol–water partition coefficient (Wildman–Crippen LogP) is 2.06. The quantitative estimate of drug-likeness (QED) is 0.787. The molecule has 1 heterocycles. The number of nitrogens with one attached hydrogen (secondary N) is 1. The Labute approximate surface area is 103 Å². The molecule has 0 saturated carbocycles. The Bertz CT molecular complexity index is 491. The van der Waals surface area contributed by atoms with Gasteiger partial charge >= 0.3 is 0 Å². The topological polar surface area (TPSA) is 66.4 Å². The van der Waals surface area contributed by atoms with Gasteiger partial charge < -0.3 is 5.11 Å². The summed E-state index contributed by atoms with van der Waals surface area (Å²) in [5.74, 6) is -0.361. The highest BCUT2D eigenvalue weighted by Gasteiger charge is 2.24. The van der Waals surface area contributed by atoms with Crippen LogP contribution in [0.3, 0.4) is 0 Å². The number of benzene rings is 1. The van der Waals surface area contributed by atoms with Crippen molar-refractivity contribution in [3.8, 4) is 0 Å². The lowest BCUT2D eigenvalue weighted by Gasteiger charge is -2.04. The molecule has 4 nitrogen and oxygen atoms in total. The van der Waals surface area contributed by atoms with Crippen LogP contribution in [0, 0.1) is 0 Å². The van der Waals surface area contributed by atoms with Gasteiger partial charge in [0.15, 0.2) is 0 Å². The third-order valence-electron chi connectivity index (χ3n) is 2.36. The van der Waals surface area contributed by atoms with E-state index < -0.39 is 6.10 Å². The number of imide groups is 1. The highest BCUT2D eigenvalue weighted by molar-refractivity contribution is 8.18. The van der Waals surface area contributed by atoms with Gasteiger partial charge in [-0.05, 0) is 35.9 Å². The van der Waals surface area contributed by atoms with E-state index in [1.807, 2.05) is 0 Å². The van der Waals surface area contributed by atoms with Crippen LogP contribution in [-0.4, -0.2) is 16.3 Å². The van der Waals surface area contributed by atoms with E-state index in [1.165, 1.54) is 0 Å². The normalized spacial score (nSPS) is 19.5. The Morgan fingerprint density at radius 1 is 1.29 bits per heavy atom. The van der Waals surface area contributed by atoms with Crippen molar-refractivity contribution in [2.24, 2.45) is 0 Å². The maximum atomic E-state index is 11.3. The van der Waals surface area contributed by atoms with Crippen molar-refractivity contribution in [2.75, 3.05) is 0 Å². The van der Waals surface area contributed by atoms with Gasteiger partial charge in [-0.2, -0.15) is 0 Å². The molecule has 1 aliphatic rings. The van der Waals surface area contributed by atoms with Crippen LogP contribution in [0.15, 0.2) is 29.2 Å². The van der Waals surface area contributed by atoms with Gasteiger partial charge in [0.2, 0.25) is 0 Å². The molecule has 2 amide bonds. The molecule has 1 aromatic rings. The first-order chi connectivity index (χ1) is 8.06. The maximum Gasteiger partial charge on any atom is 0.290 e. The van der Waals surface area contributed by atoms with E-state index in [-0.39, 0.29) is 11.1 Å². The van der Waals surface area contributed by atoms with Crippen molar-refractivity contribution in [2.45, 2.75) is 13.0 Å². The van der Waals surface area contributed by atoms with E-state index in [2.05, 4.69) is 5.32 Å². The van der Waals surface area contributed by atoms with E-state index in [0.29, 0.717) is 4.91 Å². The summed E-state index contributed by atoms with van der Waals surface area (Å²) in [6.45, 7) is 1.69. The Morgan fingerprint density at radius 3 is 2.41 bits per heavy atom. The standard InChI is InChI=1S/C12H11NO3S/c1-7(14)9-4-2-8(3-5-9)6-10-11(15)13-12(16)17-10/h2-7,14H,1H3,(H,13,15,16)/b10-6-. The first-order valence-electron chi connectivity index (χ1n) is 5.09. The van der Waals surface area contributed by atoms with E-state index in [0.717, 1.165) is 22.9 Å². The zero-order valence-electron chi connectivity index (χ0n) is 9.14. The number of aliphatic hydroxyl groups is 1. The van der Waals surface area contributed by atoms with Gasteiger partial charge in [0.25, 0.3) is 11.1 Å². The summed E-state index contributed by atoms with van der Waals surface area (Å²) < 4.78 is 0. The number of aliphatic hydroxyl groups excluding tert-OH is 1. The summed E-state index contributed by atoms with van der Waals surface area (Å²) in [6, 6.07) is 7.17. The molecule has 1 atom stereocenters. The molecule has 0 bridgehead atoms. The summed E-state index contributed by atoms with van der Waals surface area (Å²) in [6.07, 6.45) is 1.14. The smallest absolute Gasteiger partial charge is 0.290 e. The molecule has 17 heavy (non-hydrogen) atoms. The van der Waals surface area contributed by atoms with Crippen molar-refractivity contribution in [3.63, 3.8) is 0 Å². The van der Waals surface area contributed by atoms with Gasteiger partial charge in [0.05, 0.1) is 11.0 Å². The maximum absolute atomic E-state index is 11.3. The number of carbonyl (C=O) groups is 2. The second-order valence-corrected chi connectivity index (χ2v) is 4.71. The summed E-state index contributed by atoms with van der Waals surface area (Å²) in [5.41, 5.74) is 1.63. The fourth-order valence-corrected chi connectivity index (χ4v) is 2.13. The second kappa shape index (κ2) is 4.73. The third kappa shape index (κ3) is 2.75. The minimum absolute atomic E-state index is 0.346. The lowest BCUT2D eigenvalue weighted by molar-refractivity contribution is -0.115. The van der Waals surface area contributed by atoms with Crippen LogP contribution in [0.4, 0.5) is 4.79 Å². The van der Waals surface area contributed by atoms with E-state index >= 15 is 0 Å². The minimum Gasteiger partial charge on any atom is -0.389 e. The second-order valence-electron chi connectivity index (χ2n) is 3.69. The Kier molecular flexibility index (Phi) is 3.31. The summed E-state index contributed by atoms with van der Waals surface area (Å²) >= 11 is 0.891. The summed E-state index contributed by atoms with van der Waals surface area (Å²) in [4.78, 5) is 22.6. The molecular weight excluding hydrogens is 238 g/mol. The van der Waals surface area contributed by atoms with E-state index in [4.69, 9.17) is 0 Å². The summed E-state index contributed by atoms with van der Waals surface area (Å²) in [5, 5.41) is 11.2. The van der Waals surface area contributed by atoms with Gasteiger partial charge in [-0.3, -0.25) is 14.9 Å². The van der Waals surface area contributed by atoms with Crippen LogP contribution >= 0.6 is 11.8 Å². The first kappa shape index (κ1) is 11.9. The molecule has 0 radical (unpaired) electrons. The van der Waals surface area contributed by atoms with Gasteiger partial charge in [-0.15, -0.1) is 0 Å². The lowest BCUT2D eigenvalue weighted by Crippen LogP contribution is -2.17. The number of hydrogen-bond acceptors (Lipinski definition) is 4. The van der Waals surface area contributed by atoms with Gasteiger partial charge in [0.1, 0.15) is 0 Å². The predicted molar refractivity (Wildman–Crippen MR) is 66.2 cm³/mol. The number of hydrogen-bond donors (Lipinski definition) is 2. The Hall–Kier alpha value is -1.59. The molecule has 1 saturated heterocycles. The Balaban J connectivity index is 2.21. The minimum atomic E-state index is -0.512. The summed E-state index contributed by atoms with van der Waals surface area (Å²) in [7, 11) is 0. The van der Waals surface area contributed by atoms with Gasteiger partial charge in [-0.1, -0.05) is 24.3 Å². The molecule has 2 rings (SSSR count). The van der Waals surface area contributed by atoms with Gasteiger partial charge in [-0.25, -0.2) is 0 Å². The van der Waals surface area contributed by atoms with Crippen LogP contribution in [0.25, 0.3) is 6.08 Å². The molecule has 1 aliphatic heterocycles. The number of carbonyl (C=O) groups excluding carboxylic acids is 2. The SMILES string of the molecule is CC(O)c1ccc(/C=C2\SC(=O)NC2=O)cc1. The molecule has 1 unspecified atom stereocenters. The van der Waals surface area contributed by atoms with Crippen molar-refractivity contribution < 1.29 is 14.7 Å². The Morgan fingerprint density at radius 2 is 1.94 bits per heavy atom. The lowest BCUT2D eigenvalue weighted by atomic mass is 10.1. The first-order valence-corrected chi connectivity index (χ1v) is 5.91. The third-order valence-corrected chi connectivity index (χ3v) is 3.17. The van der Waals surface area contributed by atoms with Crippen LogP contribution in [0.1, 0.15) is 24.2 Å². The number of rotatable bonds is 2. The van der Waals surface area contributed by atoms with Crippen molar-refractivity contribution in [1.82, 2.24) is 5.32 Å². The highest BCUT2D eigenvalue weighted by Crippen LogP contribution is 2.25. The van der Waals surface area contributed by atoms with Crippen LogP contribution < -0.4 is 5.32 Å². The van der Waals surface area contributed by atoms with Crippen molar-refractivity contribution in [3.05, 3.63) is 40.3 Å². The molecule has 0 aliphatic carbocycles. The van der Waals surface area contributed by atoms with Crippen LogP contribution in [0.2, 0.25) is 0 Å². The number of amides is 2. The number of thioether (sulfide) groups is 1. The molecule has 5 heteroatoms. The average molecular weight is 249 g/mol. The monoisotopic (exact) mass is 249 g/mol. The molecule has 1 fully saturated rings. The van der Waals surface area contributed by atoms with E-state index in [1.54, 1.807) is 37.3 Å². The zero-order chi connectivity index (χ0) is 12.4.